The van der Waals surface area contributed by atoms with Crippen molar-refractivity contribution in [1.82, 2.24) is 9.29 Å². The highest BCUT2D eigenvalue weighted by atomic mass is 32.2. The Bertz CT molecular complexity index is 1160. The average molecular weight is 395 g/mol. The predicted octanol–water partition coefficient (Wildman–Crippen LogP) is 3.92. The monoisotopic (exact) mass is 395 g/mol. The molecule has 2 heterocycles. The fourth-order valence-electron chi connectivity index (χ4n) is 3.36. The summed E-state index contributed by atoms with van der Waals surface area (Å²) in [5.41, 5.74) is 2.23. The molecule has 0 spiro atoms. The summed E-state index contributed by atoms with van der Waals surface area (Å²) in [7, 11) is -3.91. The van der Waals surface area contributed by atoms with Crippen LogP contribution in [0, 0.1) is 0 Å². The lowest BCUT2D eigenvalue weighted by molar-refractivity contribution is -0.122. The minimum atomic E-state index is -3.91. The fraction of sp³-hybridized carbons (Fsp3) is 0.190. The first-order valence-corrected chi connectivity index (χ1v) is 10.7. The number of fused-ring (bicyclic) bond motifs is 1. The number of sulfonamides is 1. The van der Waals surface area contributed by atoms with Crippen molar-refractivity contribution in [2.75, 3.05) is 11.9 Å². The summed E-state index contributed by atoms with van der Waals surface area (Å²) in [6.07, 6.45) is 3.25. The Morgan fingerprint density at radius 2 is 1.86 bits per heavy atom. The molecule has 1 aromatic heterocycles. The number of hydrogen-bond acceptors (Lipinski definition) is 4. The summed E-state index contributed by atoms with van der Waals surface area (Å²) in [6, 6.07) is 16.3. The van der Waals surface area contributed by atoms with Gasteiger partial charge >= 0.3 is 0 Å². The van der Waals surface area contributed by atoms with Crippen molar-refractivity contribution >= 4 is 37.4 Å². The third-order valence-electron chi connectivity index (χ3n) is 4.79. The van der Waals surface area contributed by atoms with Gasteiger partial charge in [-0.05, 0) is 36.2 Å². The minimum absolute atomic E-state index is 0.0309. The van der Waals surface area contributed by atoms with E-state index in [-0.39, 0.29) is 17.1 Å². The maximum atomic E-state index is 13.2. The van der Waals surface area contributed by atoms with E-state index in [1.165, 1.54) is 0 Å². The molecular formula is C21H21N3O3S. The molecule has 0 saturated heterocycles. The zero-order valence-electron chi connectivity index (χ0n) is 15.5. The third-order valence-corrected chi connectivity index (χ3v) is 6.67. The van der Waals surface area contributed by atoms with Crippen LogP contribution in [0.1, 0.15) is 25.3 Å². The van der Waals surface area contributed by atoms with Crippen molar-refractivity contribution in [1.29, 1.82) is 0 Å². The van der Waals surface area contributed by atoms with Gasteiger partial charge in [0.05, 0.1) is 0 Å². The van der Waals surface area contributed by atoms with Crippen molar-refractivity contribution in [3.05, 3.63) is 72.1 Å². The molecule has 7 heteroatoms. The standard InChI is InChI=1S/C21H21N3O3S/c1-2-3-13-24-21(25)19(20(28(24,26)27)15-7-5-4-6-8-15)23-17-9-10-18-16(14-17)11-12-22-18/h4-12,14,22-23H,2-3,13H2,1H3. The van der Waals surface area contributed by atoms with Crippen LogP contribution in [0.2, 0.25) is 0 Å². The quantitative estimate of drug-likeness (QED) is 0.663. The molecule has 2 N–H and O–H groups in total. The van der Waals surface area contributed by atoms with E-state index in [1.807, 2.05) is 43.5 Å². The normalized spacial score (nSPS) is 16.2. The van der Waals surface area contributed by atoms with Gasteiger partial charge in [-0.3, -0.25) is 4.79 Å². The first kappa shape index (κ1) is 18.3. The van der Waals surface area contributed by atoms with Crippen LogP contribution in [-0.2, 0) is 14.8 Å². The number of rotatable bonds is 6. The van der Waals surface area contributed by atoms with Gasteiger partial charge in [0.2, 0.25) is 0 Å². The van der Waals surface area contributed by atoms with Crippen LogP contribution in [0.3, 0.4) is 0 Å². The van der Waals surface area contributed by atoms with Gasteiger partial charge in [0.25, 0.3) is 15.9 Å². The lowest BCUT2D eigenvalue weighted by atomic mass is 10.1. The number of nitrogens with zero attached hydrogens (tertiary/aromatic N) is 1. The van der Waals surface area contributed by atoms with Crippen LogP contribution in [0.5, 0.6) is 0 Å². The van der Waals surface area contributed by atoms with Gasteiger partial charge in [0.15, 0.2) is 0 Å². The van der Waals surface area contributed by atoms with Crippen molar-refractivity contribution < 1.29 is 13.2 Å². The molecule has 144 valence electrons. The summed E-state index contributed by atoms with van der Waals surface area (Å²) < 4.78 is 27.3. The second-order valence-corrected chi connectivity index (χ2v) is 8.51. The Morgan fingerprint density at radius 3 is 2.61 bits per heavy atom. The number of hydrogen-bond donors (Lipinski definition) is 2. The highest BCUT2D eigenvalue weighted by Gasteiger charge is 2.44. The van der Waals surface area contributed by atoms with Crippen LogP contribution in [0.15, 0.2) is 66.5 Å². The van der Waals surface area contributed by atoms with Gasteiger partial charge in [0, 0.05) is 29.3 Å². The molecule has 0 saturated carbocycles. The number of carbonyl (C=O) groups excluding carboxylic acids is 1. The first-order chi connectivity index (χ1) is 13.5. The summed E-state index contributed by atoms with van der Waals surface area (Å²) in [4.78, 5) is 16.2. The molecule has 1 amide bonds. The zero-order valence-corrected chi connectivity index (χ0v) is 16.3. The number of amides is 1. The minimum Gasteiger partial charge on any atom is -0.361 e. The molecule has 0 radical (unpaired) electrons. The second-order valence-electron chi connectivity index (χ2n) is 6.71. The average Bonchev–Trinajstić information content (AvgIpc) is 3.22. The van der Waals surface area contributed by atoms with Gasteiger partial charge < -0.3 is 10.3 Å². The number of benzene rings is 2. The van der Waals surface area contributed by atoms with Crippen molar-refractivity contribution in [3.8, 4) is 0 Å². The molecule has 0 fully saturated rings. The number of unbranched alkanes of at least 4 members (excludes halogenated alkanes) is 1. The predicted molar refractivity (Wildman–Crippen MR) is 111 cm³/mol. The number of anilines is 1. The van der Waals surface area contributed by atoms with E-state index in [9.17, 15) is 13.2 Å². The molecule has 1 aliphatic heterocycles. The van der Waals surface area contributed by atoms with Gasteiger partial charge in [-0.1, -0.05) is 43.7 Å². The highest BCUT2D eigenvalue weighted by molar-refractivity contribution is 7.99. The summed E-state index contributed by atoms with van der Waals surface area (Å²) in [5, 5.41) is 4.05. The smallest absolute Gasteiger partial charge is 0.285 e. The molecule has 28 heavy (non-hydrogen) atoms. The Hall–Kier alpha value is -3.06. The number of carbonyl (C=O) groups is 1. The molecule has 0 atom stereocenters. The van der Waals surface area contributed by atoms with Crippen LogP contribution in [0.4, 0.5) is 5.69 Å². The molecule has 4 rings (SSSR count). The second kappa shape index (κ2) is 7.16. The van der Waals surface area contributed by atoms with E-state index < -0.39 is 15.9 Å². The molecule has 0 bridgehead atoms. The van der Waals surface area contributed by atoms with Crippen molar-refractivity contribution in [3.63, 3.8) is 0 Å². The van der Waals surface area contributed by atoms with Gasteiger partial charge in [-0.2, -0.15) is 0 Å². The van der Waals surface area contributed by atoms with E-state index >= 15 is 0 Å². The summed E-state index contributed by atoms with van der Waals surface area (Å²) in [5.74, 6) is -0.513. The first-order valence-electron chi connectivity index (χ1n) is 9.23. The van der Waals surface area contributed by atoms with Crippen molar-refractivity contribution in [2.24, 2.45) is 0 Å². The largest absolute Gasteiger partial charge is 0.361 e. The molecule has 0 aliphatic carbocycles. The van der Waals surface area contributed by atoms with Crippen LogP contribution in [0.25, 0.3) is 15.8 Å². The van der Waals surface area contributed by atoms with Crippen LogP contribution in [-0.4, -0.2) is 30.2 Å². The number of aromatic nitrogens is 1. The zero-order chi connectivity index (χ0) is 19.7. The molecule has 1 aliphatic rings. The number of nitrogens with one attached hydrogen (secondary N) is 2. The summed E-state index contributed by atoms with van der Waals surface area (Å²) >= 11 is 0. The number of H-pyrrole nitrogens is 1. The third kappa shape index (κ3) is 3.07. The van der Waals surface area contributed by atoms with Gasteiger partial charge in [0.1, 0.15) is 10.6 Å². The molecule has 3 aromatic rings. The molecule has 2 aromatic carbocycles. The van der Waals surface area contributed by atoms with E-state index in [0.29, 0.717) is 17.7 Å². The maximum Gasteiger partial charge on any atom is 0.285 e. The van der Waals surface area contributed by atoms with E-state index in [1.54, 1.807) is 24.3 Å². The van der Waals surface area contributed by atoms with Crippen molar-refractivity contribution in [2.45, 2.75) is 19.8 Å². The van der Waals surface area contributed by atoms with Gasteiger partial charge in [-0.25, -0.2) is 12.7 Å². The van der Waals surface area contributed by atoms with E-state index in [2.05, 4.69) is 10.3 Å². The Labute approximate surface area is 163 Å². The Kier molecular flexibility index (Phi) is 4.68. The SMILES string of the molecule is CCCCN1C(=O)C(Nc2ccc3[nH]ccc3c2)=C(c2ccccc2)S1(=O)=O. The van der Waals surface area contributed by atoms with E-state index in [4.69, 9.17) is 0 Å². The highest BCUT2D eigenvalue weighted by Crippen LogP contribution is 2.36. The van der Waals surface area contributed by atoms with Crippen LogP contribution >= 0.6 is 0 Å². The van der Waals surface area contributed by atoms with Gasteiger partial charge in [-0.15, -0.1) is 0 Å². The van der Waals surface area contributed by atoms with E-state index in [0.717, 1.165) is 21.6 Å². The lowest BCUT2D eigenvalue weighted by Crippen LogP contribution is -2.33. The number of aromatic amines is 1. The summed E-state index contributed by atoms with van der Waals surface area (Å²) in [6.45, 7) is 2.14. The Balaban J connectivity index is 1.82. The van der Waals surface area contributed by atoms with Crippen LogP contribution < -0.4 is 5.32 Å². The molecule has 0 unspecified atom stereocenters. The fourth-order valence-corrected chi connectivity index (χ4v) is 5.09. The lowest BCUT2D eigenvalue weighted by Gasteiger charge is -2.16. The molecular weight excluding hydrogens is 374 g/mol. The maximum absolute atomic E-state index is 13.2. The topological polar surface area (TPSA) is 82.3 Å². The Morgan fingerprint density at radius 1 is 1.07 bits per heavy atom. The molecule has 6 nitrogen and oxygen atoms in total.